The van der Waals surface area contributed by atoms with Crippen molar-refractivity contribution < 1.29 is 5.11 Å². The van der Waals surface area contributed by atoms with E-state index in [1.807, 2.05) is 0 Å². The van der Waals surface area contributed by atoms with Crippen LogP contribution < -0.4 is 10.2 Å². The number of nitrogens with one attached hydrogen (secondary N) is 1. The van der Waals surface area contributed by atoms with Gasteiger partial charge in [-0.25, -0.2) is 0 Å². The van der Waals surface area contributed by atoms with Gasteiger partial charge in [-0.3, -0.25) is 0 Å². The number of benzene rings is 1. The predicted octanol–water partition coefficient (Wildman–Crippen LogP) is 3.30. The maximum atomic E-state index is 9.13. The zero-order chi connectivity index (χ0) is 14.7. The summed E-state index contributed by atoms with van der Waals surface area (Å²) in [5.74, 6) is 0.638. The van der Waals surface area contributed by atoms with Crippen LogP contribution in [0.15, 0.2) is 22.7 Å². The second-order valence-electron chi connectivity index (χ2n) is 6.40. The van der Waals surface area contributed by atoms with E-state index in [0.29, 0.717) is 12.5 Å². The molecule has 2 fully saturated rings. The Balaban J connectivity index is 1.62. The second kappa shape index (κ2) is 7.12. The molecule has 1 saturated carbocycles. The number of hydrogen-bond donors (Lipinski definition) is 2. The van der Waals surface area contributed by atoms with Gasteiger partial charge in [-0.2, -0.15) is 0 Å². The van der Waals surface area contributed by atoms with Crippen LogP contribution in [0.2, 0.25) is 0 Å². The third-order valence-corrected chi connectivity index (χ3v) is 5.35. The Morgan fingerprint density at radius 2 is 2.14 bits per heavy atom. The molecule has 1 saturated heterocycles. The van der Waals surface area contributed by atoms with Crippen molar-refractivity contribution in [2.45, 2.75) is 44.7 Å². The van der Waals surface area contributed by atoms with Crippen molar-refractivity contribution in [1.29, 1.82) is 0 Å². The Hall–Kier alpha value is -0.580. The lowest BCUT2D eigenvalue weighted by molar-refractivity contribution is 0.244. The first-order valence-corrected chi connectivity index (χ1v) is 8.93. The fourth-order valence-electron chi connectivity index (χ4n) is 3.14. The van der Waals surface area contributed by atoms with Crippen molar-refractivity contribution in [2.24, 2.45) is 5.92 Å². The molecule has 1 unspecified atom stereocenters. The van der Waals surface area contributed by atoms with Crippen LogP contribution in [-0.4, -0.2) is 30.8 Å². The molecule has 1 heterocycles. The molecule has 2 N–H and O–H groups in total. The molecule has 1 atom stereocenters. The lowest BCUT2D eigenvalue weighted by Gasteiger charge is -2.34. The van der Waals surface area contributed by atoms with Gasteiger partial charge in [0, 0.05) is 42.4 Å². The molecule has 0 aromatic heterocycles. The lowest BCUT2D eigenvalue weighted by atomic mass is 9.94. The maximum absolute atomic E-state index is 9.13. The molecule has 3 rings (SSSR count). The summed E-state index contributed by atoms with van der Waals surface area (Å²) in [6.07, 6.45) is 6.07. The predicted molar refractivity (Wildman–Crippen MR) is 90.6 cm³/mol. The number of aliphatic hydroxyl groups excluding tert-OH is 1. The standard InChI is InChI=1S/C17H25BrN2O/c18-17-10-16(6-3-14(17)11-19-15-4-5-15)20-8-1-2-13(12-20)7-9-21/h3,6,10,13,15,19,21H,1-2,4-5,7-9,11-12H2. The zero-order valence-corrected chi connectivity index (χ0v) is 14.1. The number of rotatable bonds is 6. The molecule has 1 aromatic rings. The van der Waals surface area contributed by atoms with E-state index < -0.39 is 0 Å². The van der Waals surface area contributed by atoms with Crippen LogP contribution in [-0.2, 0) is 6.54 Å². The van der Waals surface area contributed by atoms with Crippen LogP contribution in [0.5, 0.6) is 0 Å². The largest absolute Gasteiger partial charge is 0.396 e. The molecular weight excluding hydrogens is 328 g/mol. The van der Waals surface area contributed by atoms with Crippen molar-refractivity contribution >= 4 is 21.6 Å². The van der Waals surface area contributed by atoms with Crippen molar-refractivity contribution in [1.82, 2.24) is 5.32 Å². The maximum Gasteiger partial charge on any atom is 0.0434 e. The van der Waals surface area contributed by atoms with Gasteiger partial charge in [0.2, 0.25) is 0 Å². The van der Waals surface area contributed by atoms with Crippen LogP contribution in [0.4, 0.5) is 5.69 Å². The van der Waals surface area contributed by atoms with E-state index in [4.69, 9.17) is 5.11 Å². The van der Waals surface area contributed by atoms with Crippen LogP contribution in [0.3, 0.4) is 0 Å². The highest BCUT2D eigenvalue weighted by Crippen LogP contribution is 2.29. The molecule has 0 spiro atoms. The van der Waals surface area contributed by atoms with E-state index in [0.717, 1.165) is 32.1 Å². The average molecular weight is 353 g/mol. The number of piperidine rings is 1. The molecule has 3 nitrogen and oxygen atoms in total. The molecule has 1 aliphatic carbocycles. The molecule has 4 heteroatoms. The Morgan fingerprint density at radius 1 is 1.29 bits per heavy atom. The lowest BCUT2D eigenvalue weighted by Crippen LogP contribution is -2.35. The first-order valence-electron chi connectivity index (χ1n) is 8.14. The first kappa shape index (κ1) is 15.3. The Kier molecular flexibility index (Phi) is 5.19. The number of halogens is 1. The fourth-order valence-corrected chi connectivity index (χ4v) is 3.64. The van der Waals surface area contributed by atoms with Gasteiger partial charge in [0.25, 0.3) is 0 Å². The summed E-state index contributed by atoms with van der Waals surface area (Å²) in [5.41, 5.74) is 2.65. The Bertz CT molecular complexity index is 474. The minimum absolute atomic E-state index is 0.313. The van der Waals surface area contributed by atoms with E-state index in [1.165, 1.54) is 41.4 Å². The molecule has 2 aliphatic rings. The smallest absolute Gasteiger partial charge is 0.0434 e. The third-order valence-electron chi connectivity index (χ3n) is 4.62. The topological polar surface area (TPSA) is 35.5 Å². The molecule has 0 amide bonds. The quantitative estimate of drug-likeness (QED) is 0.824. The van der Waals surface area contributed by atoms with Crippen molar-refractivity contribution in [2.75, 3.05) is 24.6 Å². The van der Waals surface area contributed by atoms with Gasteiger partial charge in [-0.1, -0.05) is 22.0 Å². The van der Waals surface area contributed by atoms with Crippen molar-refractivity contribution in [3.63, 3.8) is 0 Å². The van der Waals surface area contributed by atoms with Gasteiger partial charge in [-0.15, -0.1) is 0 Å². The van der Waals surface area contributed by atoms with Crippen LogP contribution in [0.25, 0.3) is 0 Å². The molecule has 1 aliphatic heterocycles. The minimum Gasteiger partial charge on any atom is -0.396 e. The SMILES string of the molecule is OCCC1CCCN(c2ccc(CNC3CC3)c(Br)c2)C1. The van der Waals surface area contributed by atoms with E-state index in [-0.39, 0.29) is 0 Å². The number of anilines is 1. The van der Waals surface area contributed by atoms with Crippen molar-refractivity contribution in [3.8, 4) is 0 Å². The normalized spacial score (nSPS) is 22.6. The number of nitrogens with zero attached hydrogens (tertiary/aromatic N) is 1. The molecule has 1 aromatic carbocycles. The third kappa shape index (κ3) is 4.21. The monoisotopic (exact) mass is 352 g/mol. The summed E-state index contributed by atoms with van der Waals surface area (Å²) in [7, 11) is 0. The Morgan fingerprint density at radius 3 is 2.86 bits per heavy atom. The highest BCUT2D eigenvalue weighted by molar-refractivity contribution is 9.10. The van der Waals surface area contributed by atoms with Gasteiger partial charge in [0.1, 0.15) is 0 Å². The van der Waals surface area contributed by atoms with Gasteiger partial charge < -0.3 is 15.3 Å². The summed E-state index contributed by atoms with van der Waals surface area (Å²) in [5, 5.41) is 12.7. The van der Waals surface area contributed by atoms with Crippen molar-refractivity contribution in [3.05, 3.63) is 28.2 Å². The highest BCUT2D eigenvalue weighted by Gasteiger charge is 2.22. The van der Waals surface area contributed by atoms with Gasteiger partial charge >= 0.3 is 0 Å². The molecule has 21 heavy (non-hydrogen) atoms. The Labute approximate surface area is 135 Å². The van der Waals surface area contributed by atoms with Gasteiger partial charge in [0.05, 0.1) is 0 Å². The summed E-state index contributed by atoms with van der Waals surface area (Å²) in [6.45, 7) is 3.48. The van der Waals surface area contributed by atoms with Gasteiger partial charge in [-0.05, 0) is 55.7 Å². The minimum atomic E-state index is 0.313. The summed E-state index contributed by atoms with van der Waals surface area (Å²) < 4.78 is 1.21. The van der Waals surface area contributed by atoms with E-state index in [9.17, 15) is 0 Å². The number of hydrogen-bond acceptors (Lipinski definition) is 3. The number of aliphatic hydroxyl groups is 1. The van der Waals surface area contributed by atoms with Crippen LogP contribution in [0.1, 0.15) is 37.7 Å². The van der Waals surface area contributed by atoms with E-state index in [2.05, 4.69) is 44.3 Å². The first-order chi connectivity index (χ1) is 10.3. The molecule has 116 valence electrons. The summed E-state index contributed by atoms with van der Waals surface area (Å²) >= 11 is 3.72. The molecule has 0 radical (unpaired) electrons. The summed E-state index contributed by atoms with van der Waals surface area (Å²) in [4.78, 5) is 2.46. The molecular formula is C17H25BrN2O. The zero-order valence-electron chi connectivity index (χ0n) is 12.5. The van der Waals surface area contributed by atoms with E-state index in [1.54, 1.807) is 0 Å². The van der Waals surface area contributed by atoms with Crippen LogP contribution in [0, 0.1) is 5.92 Å². The summed E-state index contributed by atoms with van der Waals surface area (Å²) in [6, 6.07) is 7.49. The fraction of sp³-hybridized carbons (Fsp3) is 0.647. The second-order valence-corrected chi connectivity index (χ2v) is 7.25. The molecule has 0 bridgehead atoms. The van der Waals surface area contributed by atoms with E-state index >= 15 is 0 Å². The average Bonchev–Trinajstić information content (AvgIpc) is 3.31. The highest BCUT2D eigenvalue weighted by atomic mass is 79.9. The van der Waals surface area contributed by atoms with Crippen LogP contribution >= 0.6 is 15.9 Å². The van der Waals surface area contributed by atoms with Gasteiger partial charge in [0.15, 0.2) is 0 Å².